The number of benzene rings is 1. The van der Waals surface area contributed by atoms with E-state index in [9.17, 15) is 9.59 Å². The molecule has 1 atom stereocenters. The lowest BCUT2D eigenvalue weighted by molar-refractivity contribution is -0.116. The van der Waals surface area contributed by atoms with Gasteiger partial charge in [0.05, 0.1) is 10.6 Å². The van der Waals surface area contributed by atoms with Crippen molar-refractivity contribution in [2.75, 3.05) is 11.9 Å². The molecule has 3 rings (SSSR count). The molecule has 1 aliphatic heterocycles. The zero-order chi connectivity index (χ0) is 17.6. The fourth-order valence-electron chi connectivity index (χ4n) is 3.65. The smallest absolute Gasteiger partial charge is 0.253 e. The average Bonchev–Trinajstić information content (AvgIpc) is 3.10. The third kappa shape index (κ3) is 5.86. The van der Waals surface area contributed by atoms with Crippen LogP contribution < -0.4 is 16.0 Å². The molecule has 0 radical (unpaired) electrons. The summed E-state index contributed by atoms with van der Waals surface area (Å²) in [7, 11) is 0. The van der Waals surface area contributed by atoms with Gasteiger partial charge in [0.25, 0.3) is 5.91 Å². The molecule has 2 aliphatic rings. The molecule has 1 aliphatic carbocycles. The van der Waals surface area contributed by atoms with Gasteiger partial charge in [0.1, 0.15) is 0 Å². The maximum absolute atomic E-state index is 12.5. The molecule has 3 N–H and O–H groups in total. The molecule has 144 valence electrons. The number of anilines is 1. The number of carbonyl (C=O) groups is 2. The molecule has 26 heavy (non-hydrogen) atoms. The van der Waals surface area contributed by atoms with Crippen molar-refractivity contribution in [2.24, 2.45) is 0 Å². The zero-order valence-corrected chi connectivity index (χ0v) is 16.4. The first-order chi connectivity index (χ1) is 12.1. The van der Waals surface area contributed by atoms with Gasteiger partial charge in [-0.2, -0.15) is 0 Å². The van der Waals surface area contributed by atoms with Crippen LogP contribution in [0.15, 0.2) is 18.2 Å². The average molecular weight is 400 g/mol. The highest BCUT2D eigenvalue weighted by molar-refractivity contribution is 6.34. The molecule has 1 saturated heterocycles. The van der Waals surface area contributed by atoms with E-state index in [1.165, 1.54) is 6.42 Å². The first-order valence-corrected chi connectivity index (χ1v) is 9.63. The summed E-state index contributed by atoms with van der Waals surface area (Å²) >= 11 is 6.20. The minimum absolute atomic E-state index is 0. The Kier molecular flexibility index (Phi) is 8.19. The van der Waals surface area contributed by atoms with Crippen molar-refractivity contribution in [1.29, 1.82) is 0 Å². The Labute approximate surface area is 166 Å². The van der Waals surface area contributed by atoms with Crippen LogP contribution in [0.1, 0.15) is 61.7 Å². The standard InChI is InChI=1S/C19H26ClN3O2.ClH/c20-17-9-8-15(22-18(24)12-14-7-4-10-21-14)11-16(17)19(25)23-13-5-2-1-3-6-13;/h8-9,11,13-14,21H,1-7,10,12H2,(H,22,24)(H,23,25);1H. The minimum Gasteiger partial charge on any atom is -0.349 e. The zero-order valence-electron chi connectivity index (χ0n) is 14.9. The molecule has 0 spiro atoms. The van der Waals surface area contributed by atoms with Crippen LogP contribution in [-0.2, 0) is 4.79 Å². The van der Waals surface area contributed by atoms with Crippen molar-refractivity contribution in [3.05, 3.63) is 28.8 Å². The number of halogens is 2. The highest BCUT2D eigenvalue weighted by atomic mass is 35.5. The summed E-state index contributed by atoms with van der Waals surface area (Å²) in [6.07, 6.45) is 8.19. The lowest BCUT2D eigenvalue weighted by atomic mass is 9.95. The van der Waals surface area contributed by atoms with Gasteiger partial charge in [-0.1, -0.05) is 30.9 Å². The van der Waals surface area contributed by atoms with Gasteiger partial charge in [0.15, 0.2) is 0 Å². The van der Waals surface area contributed by atoms with E-state index in [0.29, 0.717) is 22.7 Å². The summed E-state index contributed by atoms with van der Waals surface area (Å²) in [5, 5.41) is 9.66. The Morgan fingerprint density at radius 3 is 2.58 bits per heavy atom. The van der Waals surface area contributed by atoms with Crippen molar-refractivity contribution >= 4 is 41.5 Å². The van der Waals surface area contributed by atoms with Crippen molar-refractivity contribution < 1.29 is 9.59 Å². The molecule has 2 amide bonds. The van der Waals surface area contributed by atoms with Crippen molar-refractivity contribution in [3.8, 4) is 0 Å². The number of carbonyl (C=O) groups excluding carboxylic acids is 2. The third-order valence-electron chi connectivity index (χ3n) is 5.03. The summed E-state index contributed by atoms with van der Waals surface area (Å²) < 4.78 is 0. The lowest BCUT2D eigenvalue weighted by Gasteiger charge is -2.23. The Morgan fingerprint density at radius 2 is 1.88 bits per heavy atom. The minimum atomic E-state index is -0.162. The van der Waals surface area contributed by atoms with Gasteiger partial charge in [-0.3, -0.25) is 9.59 Å². The molecule has 5 nitrogen and oxygen atoms in total. The summed E-state index contributed by atoms with van der Waals surface area (Å²) in [6.45, 7) is 0.977. The fraction of sp³-hybridized carbons (Fsp3) is 0.579. The van der Waals surface area contributed by atoms with Crippen molar-refractivity contribution in [1.82, 2.24) is 10.6 Å². The van der Waals surface area contributed by atoms with Gasteiger partial charge in [-0.05, 0) is 50.4 Å². The molecule has 2 fully saturated rings. The summed E-state index contributed by atoms with van der Waals surface area (Å²) in [5.41, 5.74) is 1.03. The predicted molar refractivity (Wildman–Crippen MR) is 107 cm³/mol. The summed E-state index contributed by atoms with van der Waals surface area (Å²) in [6, 6.07) is 5.55. The number of nitrogens with one attached hydrogen (secondary N) is 3. The van der Waals surface area contributed by atoms with Crippen molar-refractivity contribution in [2.45, 2.75) is 63.5 Å². The van der Waals surface area contributed by atoms with Crippen LogP contribution in [0.4, 0.5) is 5.69 Å². The van der Waals surface area contributed by atoms with Crippen LogP contribution in [0, 0.1) is 0 Å². The quantitative estimate of drug-likeness (QED) is 0.702. The summed E-state index contributed by atoms with van der Waals surface area (Å²) in [4.78, 5) is 24.7. The van der Waals surface area contributed by atoms with Gasteiger partial charge in [0, 0.05) is 24.2 Å². The lowest BCUT2D eigenvalue weighted by Crippen LogP contribution is -2.36. The first kappa shape index (κ1) is 21.0. The van der Waals surface area contributed by atoms with Gasteiger partial charge >= 0.3 is 0 Å². The van der Waals surface area contributed by atoms with E-state index in [1.807, 2.05) is 0 Å². The van der Waals surface area contributed by atoms with E-state index in [4.69, 9.17) is 11.6 Å². The van der Waals surface area contributed by atoms with E-state index >= 15 is 0 Å². The molecule has 1 aromatic rings. The van der Waals surface area contributed by atoms with Gasteiger partial charge < -0.3 is 16.0 Å². The van der Waals surface area contributed by atoms with E-state index < -0.39 is 0 Å². The SMILES string of the molecule is Cl.O=C(CC1CCCN1)Nc1ccc(Cl)c(C(=O)NC2CCCCC2)c1. The molecule has 1 aromatic carbocycles. The van der Waals surface area contributed by atoms with Crippen LogP contribution in [0.3, 0.4) is 0 Å². The number of hydrogen-bond donors (Lipinski definition) is 3. The maximum Gasteiger partial charge on any atom is 0.253 e. The maximum atomic E-state index is 12.5. The highest BCUT2D eigenvalue weighted by Gasteiger charge is 2.20. The van der Waals surface area contributed by atoms with E-state index in [0.717, 1.165) is 45.1 Å². The molecule has 0 aromatic heterocycles. The molecule has 7 heteroatoms. The number of hydrogen-bond acceptors (Lipinski definition) is 3. The third-order valence-corrected chi connectivity index (χ3v) is 5.36. The second-order valence-corrected chi connectivity index (χ2v) is 7.46. The molecule has 1 heterocycles. The predicted octanol–water partition coefficient (Wildman–Crippen LogP) is 3.90. The topological polar surface area (TPSA) is 70.2 Å². The summed E-state index contributed by atoms with van der Waals surface area (Å²) in [5.74, 6) is -0.203. The van der Waals surface area contributed by atoms with Gasteiger partial charge in [0.2, 0.25) is 5.91 Å². The van der Waals surface area contributed by atoms with Crippen molar-refractivity contribution in [3.63, 3.8) is 0 Å². The molecule has 1 saturated carbocycles. The van der Waals surface area contributed by atoms with Crippen LogP contribution in [0.2, 0.25) is 5.02 Å². The number of rotatable bonds is 5. The molecule has 0 bridgehead atoms. The normalized spacial score (nSPS) is 20.3. The van der Waals surface area contributed by atoms with Gasteiger partial charge in [-0.15, -0.1) is 12.4 Å². The Bertz CT molecular complexity index is 627. The van der Waals surface area contributed by atoms with E-state index in [2.05, 4.69) is 16.0 Å². The Morgan fingerprint density at radius 1 is 1.12 bits per heavy atom. The largest absolute Gasteiger partial charge is 0.349 e. The highest BCUT2D eigenvalue weighted by Crippen LogP contribution is 2.23. The Hall–Kier alpha value is -1.30. The number of amides is 2. The molecule has 1 unspecified atom stereocenters. The second kappa shape index (κ2) is 10.1. The van der Waals surface area contributed by atoms with Crippen LogP contribution in [0.5, 0.6) is 0 Å². The van der Waals surface area contributed by atoms with E-state index in [-0.39, 0.29) is 36.3 Å². The second-order valence-electron chi connectivity index (χ2n) is 7.05. The molecular weight excluding hydrogens is 373 g/mol. The van der Waals surface area contributed by atoms with Gasteiger partial charge in [-0.25, -0.2) is 0 Å². The fourth-order valence-corrected chi connectivity index (χ4v) is 3.86. The van der Waals surface area contributed by atoms with Crippen LogP contribution in [-0.4, -0.2) is 30.4 Å². The molecular formula is C19H27Cl2N3O2. The monoisotopic (exact) mass is 399 g/mol. The Balaban J connectivity index is 0.00000243. The first-order valence-electron chi connectivity index (χ1n) is 9.25. The van der Waals surface area contributed by atoms with E-state index in [1.54, 1.807) is 18.2 Å². The van der Waals surface area contributed by atoms with Crippen LogP contribution >= 0.6 is 24.0 Å². The van der Waals surface area contributed by atoms with Crippen LogP contribution in [0.25, 0.3) is 0 Å².